The maximum Gasteiger partial charge on any atom is 0.407 e. The van der Waals surface area contributed by atoms with Gasteiger partial charge in [-0.1, -0.05) is 60.2 Å². The van der Waals surface area contributed by atoms with Gasteiger partial charge >= 0.3 is 6.09 Å². The molecule has 4 heteroatoms. The number of nitrogens with one attached hydrogen (secondary N) is 1. The van der Waals surface area contributed by atoms with Crippen molar-refractivity contribution in [3.63, 3.8) is 0 Å². The van der Waals surface area contributed by atoms with Gasteiger partial charge in [0, 0.05) is 19.1 Å². The Hall–Kier alpha value is -2.33. The van der Waals surface area contributed by atoms with Gasteiger partial charge in [0.1, 0.15) is 6.61 Å². The molecule has 2 aromatic carbocycles. The van der Waals surface area contributed by atoms with Crippen LogP contribution in [0.5, 0.6) is 0 Å². The molecule has 132 valence electrons. The Balaban J connectivity index is 1.45. The van der Waals surface area contributed by atoms with E-state index in [4.69, 9.17) is 4.74 Å². The molecular weight excluding hydrogens is 312 g/mol. The number of aryl methyl sites for hydroxylation is 1. The molecule has 1 saturated heterocycles. The Labute approximate surface area is 149 Å². The molecule has 0 saturated carbocycles. The fraction of sp³-hybridized carbons (Fsp3) is 0.381. The number of likely N-dealkylation sites (tertiary alicyclic amines) is 1. The highest BCUT2D eigenvalue weighted by Gasteiger charge is 2.22. The summed E-state index contributed by atoms with van der Waals surface area (Å²) < 4.78 is 5.33. The number of piperidine rings is 1. The molecule has 0 radical (unpaired) electrons. The van der Waals surface area contributed by atoms with Crippen LogP contribution in [0.1, 0.15) is 29.5 Å². The zero-order chi connectivity index (χ0) is 17.5. The van der Waals surface area contributed by atoms with Crippen molar-refractivity contribution in [3.05, 3.63) is 71.3 Å². The number of carbonyl (C=O) groups excluding carboxylic acids is 1. The van der Waals surface area contributed by atoms with Crippen molar-refractivity contribution in [2.45, 2.75) is 39.0 Å². The van der Waals surface area contributed by atoms with Crippen LogP contribution in [0, 0.1) is 6.92 Å². The van der Waals surface area contributed by atoms with E-state index < -0.39 is 0 Å². The second-order valence-corrected chi connectivity index (χ2v) is 6.77. The normalized spacial score (nSPS) is 17.9. The van der Waals surface area contributed by atoms with Crippen LogP contribution < -0.4 is 5.32 Å². The van der Waals surface area contributed by atoms with Gasteiger partial charge in [-0.25, -0.2) is 4.79 Å². The van der Waals surface area contributed by atoms with Crippen LogP contribution in [0.25, 0.3) is 0 Å². The first kappa shape index (κ1) is 17.5. The molecule has 25 heavy (non-hydrogen) atoms. The molecule has 3 rings (SSSR count). The number of alkyl carbamates (subject to hydrolysis) is 1. The lowest BCUT2D eigenvalue weighted by Crippen LogP contribution is -2.47. The Morgan fingerprint density at radius 3 is 2.76 bits per heavy atom. The third kappa shape index (κ3) is 5.61. The molecule has 1 atom stereocenters. The first-order chi connectivity index (χ1) is 12.2. The van der Waals surface area contributed by atoms with Crippen LogP contribution in [-0.2, 0) is 17.9 Å². The summed E-state index contributed by atoms with van der Waals surface area (Å²) in [6, 6.07) is 18.5. The average Bonchev–Trinajstić information content (AvgIpc) is 2.61. The quantitative estimate of drug-likeness (QED) is 0.899. The van der Waals surface area contributed by atoms with Crippen molar-refractivity contribution in [1.82, 2.24) is 10.2 Å². The summed E-state index contributed by atoms with van der Waals surface area (Å²) in [4.78, 5) is 14.4. The molecule has 1 aliphatic rings. The van der Waals surface area contributed by atoms with Gasteiger partial charge in [0.25, 0.3) is 0 Å². The Morgan fingerprint density at radius 2 is 1.96 bits per heavy atom. The molecule has 1 heterocycles. The minimum atomic E-state index is -0.328. The van der Waals surface area contributed by atoms with Crippen molar-refractivity contribution in [3.8, 4) is 0 Å². The van der Waals surface area contributed by atoms with Gasteiger partial charge in [-0.2, -0.15) is 0 Å². The van der Waals surface area contributed by atoms with Gasteiger partial charge in [-0.3, -0.25) is 4.90 Å². The highest BCUT2D eigenvalue weighted by atomic mass is 16.5. The fourth-order valence-corrected chi connectivity index (χ4v) is 3.32. The highest BCUT2D eigenvalue weighted by Crippen LogP contribution is 2.15. The lowest BCUT2D eigenvalue weighted by molar-refractivity contribution is 0.123. The van der Waals surface area contributed by atoms with Crippen LogP contribution in [0.2, 0.25) is 0 Å². The molecule has 1 amide bonds. The van der Waals surface area contributed by atoms with Crippen molar-refractivity contribution >= 4 is 6.09 Å². The first-order valence-corrected chi connectivity index (χ1v) is 8.94. The van der Waals surface area contributed by atoms with E-state index >= 15 is 0 Å². The molecule has 2 aromatic rings. The van der Waals surface area contributed by atoms with E-state index in [0.29, 0.717) is 6.61 Å². The molecule has 0 aromatic heterocycles. The summed E-state index contributed by atoms with van der Waals surface area (Å²) in [6.45, 7) is 5.30. The second kappa shape index (κ2) is 8.67. The molecule has 1 fully saturated rings. The predicted molar refractivity (Wildman–Crippen MR) is 99.2 cm³/mol. The molecule has 1 N–H and O–H groups in total. The predicted octanol–water partition coefficient (Wildman–Crippen LogP) is 3.89. The summed E-state index contributed by atoms with van der Waals surface area (Å²) in [7, 11) is 0. The van der Waals surface area contributed by atoms with E-state index in [1.165, 1.54) is 11.1 Å². The van der Waals surface area contributed by atoms with Crippen LogP contribution in [0.3, 0.4) is 0 Å². The SMILES string of the molecule is Cc1cccc(CN2CCCC(NC(=O)OCc3ccccc3)C2)c1. The molecule has 4 nitrogen and oxygen atoms in total. The van der Waals surface area contributed by atoms with Crippen LogP contribution in [0.15, 0.2) is 54.6 Å². The van der Waals surface area contributed by atoms with E-state index in [1.54, 1.807) is 0 Å². The van der Waals surface area contributed by atoms with Crippen molar-refractivity contribution in [2.24, 2.45) is 0 Å². The summed E-state index contributed by atoms with van der Waals surface area (Å²) in [5, 5.41) is 3.01. The van der Waals surface area contributed by atoms with E-state index in [2.05, 4.69) is 41.4 Å². The van der Waals surface area contributed by atoms with E-state index in [1.807, 2.05) is 30.3 Å². The molecule has 0 bridgehead atoms. The minimum Gasteiger partial charge on any atom is -0.445 e. The smallest absolute Gasteiger partial charge is 0.407 e. The number of benzene rings is 2. The summed E-state index contributed by atoms with van der Waals surface area (Å²) in [6.07, 6.45) is 1.77. The second-order valence-electron chi connectivity index (χ2n) is 6.77. The summed E-state index contributed by atoms with van der Waals surface area (Å²) in [5.41, 5.74) is 3.61. The molecule has 1 aliphatic heterocycles. The van der Waals surface area contributed by atoms with Crippen molar-refractivity contribution in [2.75, 3.05) is 13.1 Å². The van der Waals surface area contributed by atoms with Gasteiger partial charge in [-0.15, -0.1) is 0 Å². The van der Waals surface area contributed by atoms with Crippen molar-refractivity contribution in [1.29, 1.82) is 0 Å². The fourth-order valence-electron chi connectivity index (χ4n) is 3.32. The standard InChI is InChI=1S/C21H26N2O2/c1-17-7-5-10-19(13-17)14-23-12-6-11-20(15-23)22-21(24)25-16-18-8-3-2-4-9-18/h2-5,7-10,13,20H,6,11-12,14-16H2,1H3,(H,22,24). The lowest BCUT2D eigenvalue weighted by Gasteiger charge is -2.33. The monoisotopic (exact) mass is 338 g/mol. The maximum atomic E-state index is 12.0. The van der Waals surface area contributed by atoms with Gasteiger partial charge in [0.2, 0.25) is 0 Å². The summed E-state index contributed by atoms with van der Waals surface area (Å²) in [5.74, 6) is 0. The van der Waals surface area contributed by atoms with Gasteiger partial charge in [0.15, 0.2) is 0 Å². The molecule has 0 spiro atoms. The highest BCUT2D eigenvalue weighted by molar-refractivity contribution is 5.67. The molecule has 1 unspecified atom stereocenters. The number of hydrogen-bond donors (Lipinski definition) is 1. The Morgan fingerprint density at radius 1 is 1.16 bits per heavy atom. The minimum absolute atomic E-state index is 0.154. The van der Waals surface area contributed by atoms with Gasteiger partial charge < -0.3 is 10.1 Å². The number of hydrogen-bond acceptors (Lipinski definition) is 3. The Kier molecular flexibility index (Phi) is 6.07. The molecule has 0 aliphatic carbocycles. The third-order valence-corrected chi connectivity index (χ3v) is 4.53. The van der Waals surface area contributed by atoms with Crippen LogP contribution in [-0.4, -0.2) is 30.1 Å². The third-order valence-electron chi connectivity index (χ3n) is 4.53. The average molecular weight is 338 g/mol. The zero-order valence-corrected chi connectivity index (χ0v) is 14.8. The topological polar surface area (TPSA) is 41.6 Å². The van der Waals surface area contributed by atoms with Gasteiger partial charge in [-0.05, 0) is 37.4 Å². The number of nitrogens with zero attached hydrogens (tertiary/aromatic N) is 1. The molecular formula is C21H26N2O2. The number of amides is 1. The number of ether oxygens (including phenoxy) is 1. The number of carbonyl (C=O) groups is 1. The maximum absolute atomic E-state index is 12.0. The van der Waals surface area contributed by atoms with E-state index in [-0.39, 0.29) is 12.1 Å². The van der Waals surface area contributed by atoms with Crippen LogP contribution in [0.4, 0.5) is 4.79 Å². The van der Waals surface area contributed by atoms with E-state index in [9.17, 15) is 4.79 Å². The number of rotatable bonds is 5. The van der Waals surface area contributed by atoms with Gasteiger partial charge in [0.05, 0.1) is 0 Å². The first-order valence-electron chi connectivity index (χ1n) is 8.94. The lowest BCUT2D eigenvalue weighted by atomic mass is 10.0. The van der Waals surface area contributed by atoms with Crippen molar-refractivity contribution < 1.29 is 9.53 Å². The zero-order valence-electron chi connectivity index (χ0n) is 14.8. The Bertz CT molecular complexity index is 687. The largest absolute Gasteiger partial charge is 0.445 e. The van der Waals surface area contributed by atoms with Crippen LogP contribution >= 0.6 is 0 Å². The summed E-state index contributed by atoms with van der Waals surface area (Å²) >= 11 is 0. The van der Waals surface area contributed by atoms with E-state index in [0.717, 1.165) is 38.0 Å².